The maximum Gasteiger partial charge on any atom is 0.119 e. The van der Waals surface area contributed by atoms with E-state index in [-0.39, 0.29) is 0 Å². The molecule has 0 aromatic heterocycles. The molecule has 0 aliphatic carbocycles. The first kappa shape index (κ1) is 12.2. The number of ether oxygens (including phenoxy) is 1. The van der Waals surface area contributed by atoms with Crippen molar-refractivity contribution < 1.29 is 4.74 Å². The van der Waals surface area contributed by atoms with Gasteiger partial charge in [-0.05, 0) is 42.6 Å². The Morgan fingerprint density at radius 1 is 0.947 bits per heavy atom. The van der Waals surface area contributed by atoms with Gasteiger partial charge in [-0.1, -0.05) is 42.5 Å². The molecule has 2 nitrogen and oxygen atoms in total. The van der Waals surface area contributed by atoms with Crippen LogP contribution in [0.3, 0.4) is 0 Å². The molecule has 1 aliphatic rings. The molecule has 0 spiro atoms. The number of benzene rings is 2. The molecule has 1 fully saturated rings. The molecule has 19 heavy (non-hydrogen) atoms. The summed E-state index contributed by atoms with van der Waals surface area (Å²) in [5.74, 6) is 0.952. The lowest BCUT2D eigenvalue weighted by molar-refractivity contribution is 0.277. The summed E-state index contributed by atoms with van der Waals surface area (Å²) >= 11 is 0. The van der Waals surface area contributed by atoms with Gasteiger partial charge >= 0.3 is 0 Å². The SMILES string of the molecule is c1ccc(-c2ccc(OC[C@@H]3CCCN3)cc2)cc1. The van der Waals surface area contributed by atoms with Crippen LogP contribution in [0.2, 0.25) is 0 Å². The molecule has 0 amide bonds. The molecule has 3 rings (SSSR count). The van der Waals surface area contributed by atoms with E-state index < -0.39 is 0 Å². The first-order valence-electron chi connectivity index (χ1n) is 6.93. The largest absolute Gasteiger partial charge is 0.492 e. The van der Waals surface area contributed by atoms with Gasteiger partial charge in [0.15, 0.2) is 0 Å². The zero-order chi connectivity index (χ0) is 12.9. The highest BCUT2D eigenvalue weighted by atomic mass is 16.5. The predicted octanol–water partition coefficient (Wildman–Crippen LogP) is 3.48. The van der Waals surface area contributed by atoms with Crippen molar-refractivity contribution in [3.8, 4) is 16.9 Å². The van der Waals surface area contributed by atoms with Gasteiger partial charge in [0.1, 0.15) is 12.4 Å². The van der Waals surface area contributed by atoms with Crippen LogP contribution < -0.4 is 10.1 Å². The molecule has 2 aromatic carbocycles. The van der Waals surface area contributed by atoms with Crippen LogP contribution in [0.4, 0.5) is 0 Å². The summed E-state index contributed by atoms with van der Waals surface area (Å²) in [5.41, 5.74) is 2.47. The van der Waals surface area contributed by atoms with Crippen molar-refractivity contribution in [3.05, 3.63) is 54.6 Å². The summed E-state index contributed by atoms with van der Waals surface area (Å²) in [5, 5.41) is 3.44. The molecule has 1 atom stereocenters. The van der Waals surface area contributed by atoms with Crippen LogP contribution in [0.25, 0.3) is 11.1 Å². The van der Waals surface area contributed by atoms with Crippen LogP contribution in [-0.4, -0.2) is 19.2 Å². The molecule has 2 heteroatoms. The highest BCUT2D eigenvalue weighted by Gasteiger charge is 2.14. The van der Waals surface area contributed by atoms with Gasteiger partial charge in [0.05, 0.1) is 0 Å². The molecule has 0 saturated carbocycles. The summed E-state index contributed by atoms with van der Waals surface area (Å²) in [7, 11) is 0. The van der Waals surface area contributed by atoms with Crippen LogP contribution in [0.1, 0.15) is 12.8 Å². The first-order chi connectivity index (χ1) is 9.42. The third-order valence-corrected chi connectivity index (χ3v) is 3.57. The van der Waals surface area contributed by atoms with Gasteiger partial charge in [-0.3, -0.25) is 0 Å². The number of hydrogen-bond donors (Lipinski definition) is 1. The van der Waals surface area contributed by atoms with E-state index in [1.165, 1.54) is 24.0 Å². The molecular formula is C17H19NO. The maximum absolute atomic E-state index is 5.82. The normalized spacial score (nSPS) is 18.4. The minimum absolute atomic E-state index is 0.522. The van der Waals surface area contributed by atoms with Crippen LogP contribution in [0.5, 0.6) is 5.75 Å². The molecule has 1 heterocycles. The van der Waals surface area contributed by atoms with Gasteiger partial charge in [0.2, 0.25) is 0 Å². The second kappa shape index (κ2) is 5.89. The lowest BCUT2D eigenvalue weighted by Crippen LogP contribution is -2.28. The van der Waals surface area contributed by atoms with Crippen LogP contribution in [-0.2, 0) is 0 Å². The molecule has 98 valence electrons. The summed E-state index contributed by atoms with van der Waals surface area (Å²) in [4.78, 5) is 0. The third kappa shape index (κ3) is 3.15. The van der Waals surface area contributed by atoms with Crippen LogP contribution >= 0.6 is 0 Å². The average molecular weight is 253 g/mol. The van der Waals surface area contributed by atoms with Gasteiger partial charge < -0.3 is 10.1 Å². The Morgan fingerprint density at radius 3 is 2.37 bits per heavy atom. The standard InChI is InChI=1S/C17H19NO/c1-2-5-14(6-3-1)15-8-10-17(11-9-15)19-13-16-7-4-12-18-16/h1-3,5-6,8-11,16,18H,4,7,12-13H2/t16-/m0/s1. The van der Waals surface area contributed by atoms with Crippen molar-refractivity contribution in [1.29, 1.82) is 0 Å². The predicted molar refractivity (Wildman–Crippen MR) is 78.4 cm³/mol. The van der Waals surface area contributed by atoms with Crippen molar-refractivity contribution in [2.24, 2.45) is 0 Å². The fourth-order valence-electron chi connectivity index (χ4n) is 2.47. The smallest absolute Gasteiger partial charge is 0.119 e. The van der Waals surface area contributed by atoms with E-state index in [1.807, 2.05) is 6.07 Å². The van der Waals surface area contributed by atoms with Crippen molar-refractivity contribution in [3.63, 3.8) is 0 Å². The van der Waals surface area contributed by atoms with E-state index in [0.717, 1.165) is 18.9 Å². The third-order valence-electron chi connectivity index (χ3n) is 3.57. The van der Waals surface area contributed by atoms with Crippen molar-refractivity contribution in [2.45, 2.75) is 18.9 Å². The fraction of sp³-hybridized carbons (Fsp3) is 0.294. The summed E-state index contributed by atoms with van der Waals surface area (Å²) in [6.07, 6.45) is 2.49. The van der Waals surface area contributed by atoms with Gasteiger partial charge in [-0.2, -0.15) is 0 Å². The van der Waals surface area contributed by atoms with Crippen molar-refractivity contribution in [2.75, 3.05) is 13.2 Å². The summed E-state index contributed by atoms with van der Waals surface area (Å²) in [6, 6.07) is 19.3. The Labute approximate surface area is 114 Å². The summed E-state index contributed by atoms with van der Waals surface area (Å²) < 4.78 is 5.82. The molecule has 1 N–H and O–H groups in total. The minimum atomic E-state index is 0.522. The average Bonchev–Trinajstić information content (AvgIpc) is 3.00. The van der Waals surface area contributed by atoms with E-state index in [0.29, 0.717) is 6.04 Å². The Bertz CT molecular complexity index is 501. The highest BCUT2D eigenvalue weighted by molar-refractivity contribution is 5.63. The first-order valence-corrected chi connectivity index (χ1v) is 6.93. The summed E-state index contributed by atoms with van der Waals surface area (Å²) in [6.45, 7) is 1.89. The number of hydrogen-bond acceptors (Lipinski definition) is 2. The van der Waals surface area contributed by atoms with Gasteiger partial charge in [0, 0.05) is 6.04 Å². The van der Waals surface area contributed by atoms with Crippen LogP contribution in [0, 0.1) is 0 Å². The number of nitrogens with one attached hydrogen (secondary N) is 1. The fourth-order valence-corrected chi connectivity index (χ4v) is 2.47. The van der Waals surface area contributed by atoms with E-state index in [9.17, 15) is 0 Å². The maximum atomic E-state index is 5.82. The zero-order valence-corrected chi connectivity index (χ0v) is 11.0. The Kier molecular flexibility index (Phi) is 3.80. The molecular weight excluding hydrogens is 234 g/mol. The molecule has 0 unspecified atom stereocenters. The van der Waals surface area contributed by atoms with E-state index in [4.69, 9.17) is 4.74 Å². The zero-order valence-electron chi connectivity index (χ0n) is 11.0. The van der Waals surface area contributed by atoms with E-state index in [1.54, 1.807) is 0 Å². The lowest BCUT2D eigenvalue weighted by Gasteiger charge is -2.12. The molecule has 1 aliphatic heterocycles. The quantitative estimate of drug-likeness (QED) is 0.900. The second-order valence-corrected chi connectivity index (χ2v) is 4.99. The molecule has 2 aromatic rings. The molecule has 1 saturated heterocycles. The van der Waals surface area contributed by atoms with Gasteiger partial charge in [-0.15, -0.1) is 0 Å². The topological polar surface area (TPSA) is 21.3 Å². The number of rotatable bonds is 4. The van der Waals surface area contributed by atoms with Crippen molar-refractivity contribution >= 4 is 0 Å². The highest BCUT2D eigenvalue weighted by Crippen LogP contribution is 2.22. The Hall–Kier alpha value is -1.80. The molecule has 0 bridgehead atoms. The monoisotopic (exact) mass is 253 g/mol. The van der Waals surface area contributed by atoms with Crippen LogP contribution in [0.15, 0.2) is 54.6 Å². The molecule has 0 radical (unpaired) electrons. The van der Waals surface area contributed by atoms with Gasteiger partial charge in [0.25, 0.3) is 0 Å². The lowest BCUT2D eigenvalue weighted by atomic mass is 10.1. The van der Waals surface area contributed by atoms with E-state index >= 15 is 0 Å². The second-order valence-electron chi connectivity index (χ2n) is 4.99. The minimum Gasteiger partial charge on any atom is -0.492 e. The Balaban J connectivity index is 1.62. The van der Waals surface area contributed by atoms with Gasteiger partial charge in [-0.25, -0.2) is 0 Å². The van der Waals surface area contributed by atoms with E-state index in [2.05, 4.69) is 53.8 Å². The van der Waals surface area contributed by atoms with Crippen molar-refractivity contribution in [1.82, 2.24) is 5.32 Å². The Morgan fingerprint density at radius 2 is 1.68 bits per heavy atom.